The highest BCUT2D eigenvalue weighted by Gasteiger charge is 2.25. The number of rotatable bonds is 6. The van der Waals surface area contributed by atoms with Gasteiger partial charge in [-0.2, -0.15) is 0 Å². The van der Waals surface area contributed by atoms with Crippen LogP contribution in [0, 0.1) is 18.8 Å². The molecular weight excluding hydrogens is 326 g/mol. The van der Waals surface area contributed by atoms with E-state index in [1.807, 2.05) is 25.1 Å². The van der Waals surface area contributed by atoms with Gasteiger partial charge in [0.2, 0.25) is 5.91 Å². The average molecular weight is 353 g/mol. The third kappa shape index (κ3) is 4.21. The molecule has 1 saturated carbocycles. The van der Waals surface area contributed by atoms with Crippen LogP contribution >= 0.6 is 0 Å². The SMILES string of the molecule is Cc1ccc2c(C(=O)NCCC(C)C)cc(NC(=O)C3CCC3)cc2n1. The van der Waals surface area contributed by atoms with Crippen LogP contribution in [0.5, 0.6) is 0 Å². The van der Waals surface area contributed by atoms with Gasteiger partial charge in [0.15, 0.2) is 0 Å². The Morgan fingerprint density at radius 3 is 2.65 bits per heavy atom. The smallest absolute Gasteiger partial charge is 0.252 e. The number of anilines is 1. The molecule has 26 heavy (non-hydrogen) atoms. The van der Waals surface area contributed by atoms with Crippen LogP contribution in [0.4, 0.5) is 5.69 Å². The number of carbonyl (C=O) groups excluding carboxylic acids is 2. The molecule has 0 saturated heterocycles. The molecule has 1 fully saturated rings. The Bertz CT molecular complexity index is 825. The van der Waals surface area contributed by atoms with Gasteiger partial charge in [-0.15, -0.1) is 0 Å². The second-order valence-corrected chi connectivity index (χ2v) is 7.60. The molecule has 1 aliphatic carbocycles. The maximum absolute atomic E-state index is 12.7. The Morgan fingerprint density at radius 1 is 1.23 bits per heavy atom. The van der Waals surface area contributed by atoms with E-state index in [9.17, 15) is 9.59 Å². The first-order valence-corrected chi connectivity index (χ1v) is 9.44. The summed E-state index contributed by atoms with van der Waals surface area (Å²) in [5, 5.41) is 6.75. The number of hydrogen-bond donors (Lipinski definition) is 2. The second-order valence-electron chi connectivity index (χ2n) is 7.60. The topological polar surface area (TPSA) is 71.1 Å². The summed E-state index contributed by atoms with van der Waals surface area (Å²) in [5.74, 6) is 0.541. The van der Waals surface area contributed by atoms with Crippen LogP contribution in [0.1, 0.15) is 55.6 Å². The number of nitrogens with zero attached hydrogens (tertiary/aromatic N) is 1. The first kappa shape index (κ1) is 18.4. The van der Waals surface area contributed by atoms with Gasteiger partial charge in [-0.25, -0.2) is 0 Å². The molecule has 2 N–H and O–H groups in total. The highest BCUT2D eigenvalue weighted by molar-refractivity contribution is 6.08. The van der Waals surface area contributed by atoms with Crippen molar-refractivity contribution >= 4 is 28.4 Å². The van der Waals surface area contributed by atoms with E-state index < -0.39 is 0 Å². The largest absolute Gasteiger partial charge is 0.352 e. The van der Waals surface area contributed by atoms with Gasteiger partial charge in [-0.05, 0) is 50.3 Å². The van der Waals surface area contributed by atoms with Gasteiger partial charge in [0.1, 0.15) is 0 Å². The molecule has 0 unspecified atom stereocenters. The molecule has 0 aliphatic heterocycles. The van der Waals surface area contributed by atoms with Crippen LogP contribution in [0.15, 0.2) is 24.3 Å². The van der Waals surface area contributed by atoms with E-state index in [4.69, 9.17) is 0 Å². The van der Waals surface area contributed by atoms with Crippen molar-refractivity contribution < 1.29 is 9.59 Å². The summed E-state index contributed by atoms with van der Waals surface area (Å²) in [6.45, 7) is 6.81. The maximum Gasteiger partial charge on any atom is 0.252 e. The van der Waals surface area contributed by atoms with Crippen molar-refractivity contribution in [2.24, 2.45) is 11.8 Å². The lowest BCUT2D eigenvalue weighted by Gasteiger charge is -2.24. The van der Waals surface area contributed by atoms with Gasteiger partial charge in [-0.1, -0.05) is 26.3 Å². The molecule has 5 heteroatoms. The molecule has 0 atom stereocenters. The van der Waals surface area contributed by atoms with Gasteiger partial charge in [-0.3, -0.25) is 14.6 Å². The summed E-state index contributed by atoms with van der Waals surface area (Å²) < 4.78 is 0. The molecule has 1 aromatic carbocycles. The lowest BCUT2D eigenvalue weighted by Crippen LogP contribution is -2.28. The van der Waals surface area contributed by atoms with Gasteiger partial charge in [0, 0.05) is 29.2 Å². The highest BCUT2D eigenvalue weighted by atomic mass is 16.2. The number of hydrogen-bond acceptors (Lipinski definition) is 3. The predicted molar refractivity (Wildman–Crippen MR) is 104 cm³/mol. The van der Waals surface area contributed by atoms with Gasteiger partial charge in [0.25, 0.3) is 5.91 Å². The Morgan fingerprint density at radius 2 is 2.00 bits per heavy atom. The average Bonchev–Trinajstić information content (AvgIpc) is 2.51. The van der Waals surface area contributed by atoms with Crippen molar-refractivity contribution in [3.63, 3.8) is 0 Å². The lowest BCUT2D eigenvalue weighted by molar-refractivity contribution is -0.122. The van der Waals surface area contributed by atoms with Crippen LogP contribution in [-0.4, -0.2) is 23.3 Å². The number of carbonyl (C=O) groups is 2. The molecule has 3 rings (SSSR count). The Labute approximate surface area is 154 Å². The number of nitrogens with one attached hydrogen (secondary N) is 2. The number of aryl methyl sites for hydroxylation is 1. The van der Waals surface area contributed by atoms with Crippen molar-refractivity contribution in [2.75, 3.05) is 11.9 Å². The number of amides is 2. The summed E-state index contributed by atoms with van der Waals surface area (Å²) in [5.41, 5.74) is 2.81. The molecular formula is C21H27N3O2. The van der Waals surface area contributed by atoms with E-state index in [2.05, 4.69) is 29.5 Å². The minimum absolute atomic E-state index is 0.0365. The van der Waals surface area contributed by atoms with E-state index in [1.165, 1.54) is 0 Å². The predicted octanol–water partition coefficient (Wildman–Crippen LogP) is 4.06. The Hall–Kier alpha value is -2.43. The van der Waals surface area contributed by atoms with Gasteiger partial charge < -0.3 is 10.6 Å². The van der Waals surface area contributed by atoms with Gasteiger partial charge in [0.05, 0.1) is 11.1 Å². The van der Waals surface area contributed by atoms with E-state index in [-0.39, 0.29) is 17.7 Å². The van der Waals surface area contributed by atoms with Crippen LogP contribution in [-0.2, 0) is 4.79 Å². The summed E-state index contributed by atoms with van der Waals surface area (Å²) in [6, 6.07) is 7.44. The van der Waals surface area contributed by atoms with Crippen LogP contribution in [0.2, 0.25) is 0 Å². The summed E-state index contributed by atoms with van der Waals surface area (Å²) >= 11 is 0. The standard InChI is InChI=1S/C21H27N3O2/c1-13(2)9-10-22-21(26)18-11-16(24-20(25)15-5-4-6-15)12-19-17(18)8-7-14(3)23-19/h7-8,11-13,15H,4-6,9-10H2,1-3H3,(H,22,26)(H,24,25). The first-order chi connectivity index (χ1) is 12.4. The van der Waals surface area contributed by atoms with Crippen molar-refractivity contribution in [2.45, 2.75) is 46.5 Å². The first-order valence-electron chi connectivity index (χ1n) is 9.44. The zero-order valence-electron chi connectivity index (χ0n) is 15.8. The maximum atomic E-state index is 12.7. The van der Waals surface area contributed by atoms with Crippen LogP contribution in [0.25, 0.3) is 10.9 Å². The molecule has 0 spiro atoms. The minimum Gasteiger partial charge on any atom is -0.352 e. The van der Waals surface area contributed by atoms with Crippen molar-refractivity contribution in [3.8, 4) is 0 Å². The number of fused-ring (bicyclic) bond motifs is 1. The molecule has 2 amide bonds. The molecule has 1 heterocycles. The Balaban J connectivity index is 1.88. The van der Waals surface area contributed by atoms with Crippen molar-refractivity contribution in [1.29, 1.82) is 0 Å². The fourth-order valence-electron chi connectivity index (χ4n) is 3.08. The third-order valence-corrected chi connectivity index (χ3v) is 4.94. The van der Waals surface area contributed by atoms with Crippen LogP contribution < -0.4 is 10.6 Å². The van der Waals surface area contributed by atoms with Gasteiger partial charge >= 0.3 is 0 Å². The third-order valence-electron chi connectivity index (χ3n) is 4.94. The zero-order chi connectivity index (χ0) is 18.7. The molecule has 5 nitrogen and oxygen atoms in total. The van der Waals surface area contributed by atoms with Crippen molar-refractivity contribution in [3.05, 3.63) is 35.5 Å². The fourth-order valence-corrected chi connectivity index (χ4v) is 3.08. The van der Waals surface area contributed by atoms with Crippen molar-refractivity contribution in [1.82, 2.24) is 10.3 Å². The second kappa shape index (κ2) is 7.85. The summed E-state index contributed by atoms with van der Waals surface area (Å²) in [7, 11) is 0. The van der Waals surface area contributed by atoms with E-state index in [0.717, 1.165) is 42.3 Å². The number of aromatic nitrogens is 1. The Kier molecular flexibility index (Phi) is 5.55. The normalized spacial score (nSPS) is 14.3. The van der Waals surface area contributed by atoms with Crippen LogP contribution in [0.3, 0.4) is 0 Å². The summed E-state index contributed by atoms with van der Waals surface area (Å²) in [6.07, 6.45) is 3.93. The minimum atomic E-state index is -0.124. The monoisotopic (exact) mass is 353 g/mol. The molecule has 1 aromatic heterocycles. The fraction of sp³-hybridized carbons (Fsp3) is 0.476. The summed E-state index contributed by atoms with van der Waals surface area (Å²) in [4.78, 5) is 29.5. The van der Waals surface area contributed by atoms with E-state index in [1.54, 1.807) is 6.07 Å². The number of pyridine rings is 1. The highest BCUT2D eigenvalue weighted by Crippen LogP contribution is 2.29. The van der Waals surface area contributed by atoms with E-state index in [0.29, 0.717) is 23.7 Å². The quantitative estimate of drug-likeness (QED) is 0.823. The molecule has 0 radical (unpaired) electrons. The molecule has 138 valence electrons. The molecule has 0 bridgehead atoms. The number of benzene rings is 1. The zero-order valence-corrected chi connectivity index (χ0v) is 15.8. The molecule has 1 aliphatic rings. The lowest BCUT2D eigenvalue weighted by atomic mass is 9.85. The van der Waals surface area contributed by atoms with E-state index >= 15 is 0 Å². The molecule has 2 aromatic rings.